The number of hydrogen-bond acceptors (Lipinski definition) is 2. The summed E-state index contributed by atoms with van der Waals surface area (Å²) in [5.74, 6) is 1.20. The summed E-state index contributed by atoms with van der Waals surface area (Å²) in [6, 6.07) is 12.3. The molecular formula is C21H23FO2. The van der Waals surface area contributed by atoms with Gasteiger partial charge in [-0.3, -0.25) is 4.79 Å². The van der Waals surface area contributed by atoms with Gasteiger partial charge < -0.3 is 4.74 Å². The van der Waals surface area contributed by atoms with E-state index in [0.717, 1.165) is 30.1 Å². The molecular weight excluding hydrogens is 303 g/mol. The van der Waals surface area contributed by atoms with E-state index in [4.69, 9.17) is 4.74 Å². The summed E-state index contributed by atoms with van der Waals surface area (Å²) in [7, 11) is 0. The number of carbonyl (C=O) groups excluding carboxylic acids is 1. The lowest BCUT2D eigenvalue weighted by Gasteiger charge is -2.28. The fourth-order valence-electron chi connectivity index (χ4n) is 3.43. The second-order valence-electron chi connectivity index (χ2n) is 6.52. The Morgan fingerprint density at radius 2 is 1.79 bits per heavy atom. The zero-order valence-corrected chi connectivity index (χ0v) is 14.0. The van der Waals surface area contributed by atoms with Crippen LogP contribution in [0.15, 0.2) is 42.5 Å². The van der Waals surface area contributed by atoms with Crippen LogP contribution in [0.1, 0.15) is 49.4 Å². The molecule has 0 unspecified atom stereocenters. The van der Waals surface area contributed by atoms with Gasteiger partial charge >= 0.3 is 0 Å². The average molecular weight is 326 g/mol. The Balaban J connectivity index is 1.69. The summed E-state index contributed by atoms with van der Waals surface area (Å²) >= 11 is 0. The molecule has 1 saturated carbocycles. The summed E-state index contributed by atoms with van der Waals surface area (Å²) in [6.07, 6.45) is 6.78. The van der Waals surface area contributed by atoms with Crippen molar-refractivity contribution in [2.75, 3.05) is 0 Å². The van der Waals surface area contributed by atoms with Gasteiger partial charge in [-0.2, -0.15) is 0 Å². The molecule has 3 rings (SSSR count). The quantitative estimate of drug-likeness (QED) is 0.663. The maximum absolute atomic E-state index is 14.2. The Labute approximate surface area is 142 Å². The molecule has 0 amide bonds. The van der Waals surface area contributed by atoms with Crippen molar-refractivity contribution in [3.8, 4) is 16.9 Å². The van der Waals surface area contributed by atoms with Crippen molar-refractivity contribution < 1.29 is 13.9 Å². The predicted octanol–water partition coefficient (Wildman–Crippen LogP) is 5.65. The van der Waals surface area contributed by atoms with Gasteiger partial charge in [0.05, 0.1) is 11.7 Å². The summed E-state index contributed by atoms with van der Waals surface area (Å²) in [5.41, 5.74) is 1.27. The van der Waals surface area contributed by atoms with Crippen LogP contribution in [0, 0.1) is 11.7 Å². The molecule has 2 aromatic carbocycles. The van der Waals surface area contributed by atoms with Gasteiger partial charge in [0.15, 0.2) is 6.29 Å². The van der Waals surface area contributed by atoms with Crippen LogP contribution in [0.25, 0.3) is 11.1 Å². The molecule has 1 fully saturated rings. The van der Waals surface area contributed by atoms with E-state index in [2.05, 4.69) is 6.92 Å². The van der Waals surface area contributed by atoms with Crippen LogP contribution in [-0.2, 0) is 0 Å². The van der Waals surface area contributed by atoms with Gasteiger partial charge in [0.1, 0.15) is 11.6 Å². The molecule has 1 aliphatic carbocycles. The van der Waals surface area contributed by atoms with Crippen molar-refractivity contribution >= 4 is 6.29 Å². The molecule has 0 radical (unpaired) electrons. The second kappa shape index (κ2) is 7.61. The first-order valence-electron chi connectivity index (χ1n) is 8.72. The SMILES string of the molecule is CCC1CCC(Oc2ccc(-c3cccc(C=O)c3F)cc2)CC1. The van der Waals surface area contributed by atoms with Crippen molar-refractivity contribution in [3.05, 3.63) is 53.8 Å². The lowest BCUT2D eigenvalue weighted by molar-refractivity contribution is 0.112. The summed E-state index contributed by atoms with van der Waals surface area (Å²) < 4.78 is 20.3. The molecule has 126 valence electrons. The van der Waals surface area contributed by atoms with Gasteiger partial charge in [0.25, 0.3) is 0 Å². The lowest BCUT2D eigenvalue weighted by atomic mass is 9.86. The zero-order valence-electron chi connectivity index (χ0n) is 14.0. The monoisotopic (exact) mass is 326 g/mol. The van der Waals surface area contributed by atoms with Crippen molar-refractivity contribution in [1.82, 2.24) is 0 Å². The van der Waals surface area contributed by atoms with Gasteiger partial charge in [-0.15, -0.1) is 0 Å². The van der Waals surface area contributed by atoms with Crippen LogP contribution in [0.3, 0.4) is 0 Å². The first kappa shape index (κ1) is 16.7. The van der Waals surface area contributed by atoms with E-state index >= 15 is 0 Å². The van der Waals surface area contributed by atoms with E-state index in [1.807, 2.05) is 24.3 Å². The van der Waals surface area contributed by atoms with Crippen LogP contribution in [0.2, 0.25) is 0 Å². The molecule has 0 aliphatic heterocycles. The smallest absolute Gasteiger partial charge is 0.153 e. The maximum atomic E-state index is 14.2. The number of benzene rings is 2. The largest absolute Gasteiger partial charge is 0.490 e. The van der Waals surface area contributed by atoms with Crippen molar-refractivity contribution in [3.63, 3.8) is 0 Å². The Hall–Kier alpha value is -2.16. The molecule has 3 heteroatoms. The summed E-state index contributed by atoms with van der Waals surface area (Å²) in [6.45, 7) is 2.25. The minimum Gasteiger partial charge on any atom is -0.490 e. The first-order chi connectivity index (χ1) is 11.7. The normalized spacial score (nSPS) is 20.6. The van der Waals surface area contributed by atoms with Crippen molar-refractivity contribution in [2.45, 2.75) is 45.1 Å². The van der Waals surface area contributed by atoms with Crippen LogP contribution >= 0.6 is 0 Å². The topological polar surface area (TPSA) is 26.3 Å². The molecule has 0 aromatic heterocycles. The minimum atomic E-state index is -0.473. The fraction of sp³-hybridized carbons (Fsp3) is 0.381. The van der Waals surface area contributed by atoms with Gasteiger partial charge in [-0.25, -0.2) is 4.39 Å². The van der Waals surface area contributed by atoms with E-state index in [0.29, 0.717) is 11.8 Å². The first-order valence-corrected chi connectivity index (χ1v) is 8.72. The number of carbonyl (C=O) groups is 1. The van der Waals surface area contributed by atoms with Crippen LogP contribution < -0.4 is 4.74 Å². The molecule has 0 bridgehead atoms. The zero-order chi connectivity index (χ0) is 16.9. The highest BCUT2D eigenvalue weighted by molar-refractivity contribution is 5.79. The molecule has 2 nitrogen and oxygen atoms in total. The van der Waals surface area contributed by atoms with Crippen LogP contribution in [-0.4, -0.2) is 12.4 Å². The van der Waals surface area contributed by atoms with Crippen molar-refractivity contribution in [1.29, 1.82) is 0 Å². The molecule has 0 heterocycles. The van der Waals surface area contributed by atoms with Gasteiger partial charge in [-0.1, -0.05) is 37.6 Å². The van der Waals surface area contributed by atoms with E-state index in [9.17, 15) is 9.18 Å². The van der Waals surface area contributed by atoms with E-state index in [1.54, 1.807) is 12.1 Å². The lowest BCUT2D eigenvalue weighted by Crippen LogP contribution is -2.23. The van der Waals surface area contributed by atoms with Gasteiger partial charge in [0, 0.05) is 5.56 Å². The van der Waals surface area contributed by atoms with Gasteiger partial charge in [0.2, 0.25) is 0 Å². The second-order valence-corrected chi connectivity index (χ2v) is 6.52. The number of halogens is 1. The predicted molar refractivity (Wildman–Crippen MR) is 93.9 cm³/mol. The van der Waals surface area contributed by atoms with Gasteiger partial charge in [-0.05, 0) is 55.4 Å². The highest BCUT2D eigenvalue weighted by Crippen LogP contribution is 2.31. The molecule has 0 N–H and O–H groups in total. The molecule has 0 spiro atoms. The van der Waals surface area contributed by atoms with E-state index < -0.39 is 5.82 Å². The number of rotatable bonds is 5. The molecule has 1 aliphatic rings. The Bertz CT molecular complexity index is 685. The Morgan fingerprint density at radius 1 is 1.08 bits per heavy atom. The summed E-state index contributed by atoms with van der Waals surface area (Å²) in [4.78, 5) is 10.9. The minimum absolute atomic E-state index is 0.0838. The average Bonchev–Trinajstić information content (AvgIpc) is 2.63. The van der Waals surface area contributed by atoms with E-state index in [1.165, 1.54) is 25.3 Å². The Morgan fingerprint density at radius 3 is 2.42 bits per heavy atom. The number of ether oxygens (including phenoxy) is 1. The van der Waals surface area contributed by atoms with Crippen molar-refractivity contribution in [2.24, 2.45) is 5.92 Å². The van der Waals surface area contributed by atoms with E-state index in [-0.39, 0.29) is 11.7 Å². The molecule has 24 heavy (non-hydrogen) atoms. The Kier molecular flexibility index (Phi) is 5.29. The molecule has 2 aromatic rings. The van der Waals surface area contributed by atoms with Crippen LogP contribution in [0.5, 0.6) is 5.75 Å². The molecule has 0 saturated heterocycles. The highest BCUT2D eigenvalue weighted by Gasteiger charge is 2.21. The standard InChI is InChI=1S/C21H23FO2/c1-2-15-6-10-18(11-7-15)24-19-12-8-16(9-13-19)20-5-3-4-17(14-23)21(20)22/h3-5,8-9,12-15,18H,2,6-7,10-11H2,1H3. The summed E-state index contributed by atoms with van der Waals surface area (Å²) in [5, 5.41) is 0. The maximum Gasteiger partial charge on any atom is 0.153 e. The fourth-order valence-corrected chi connectivity index (χ4v) is 3.43. The highest BCUT2D eigenvalue weighted by atomic mass is 19.1. The molecule has 0 atom stereocenters. The van der Waals surface area contributed by atoms with Crippen LogP contribution in [0.4, 0.5) is 4.39 Å². The third-order valence-electron chi connectivity index (χ3n) is 4.99. The number of aldehydes is 1. The third kappa shape index (κ3) is 3.66. The number of hydrogen-bond donors (Lipinski definition) is 0. The third-order valence-corrected chi connectivity index (χ3v) is 4.99.